The van der Waals surface area contributed by atoms with Gasteiger partial charge >= 0.3 is 0 Å². The summed E-state index contributed by atoms with van der Waals surface area (Å²) in [6, 6.07) is 12.6. The second-order valence-electron chi connectivity index (χ2n) is 6.22. The number of anilines is 1. The number of carbonyl (C=O) groups is 1. The minimum absolute atomic E-state index is 0.0528. The second kappa shape index (κ2) is 9.82. The van der Waals surface area contributed by atoms with Crippen molar-refractivity contribution in [3.8, 4) is 5.75 Å². The summed E-state index contributed by atoms with van der Waals surface area (Å²) in [4.78, 5) is 11.9. The summed E-state index contributed by atoms with van der Waals surface area (Å²) in [7, 11) is 0. The monoisotopic (exact) mass is 343 g/mol. The Balaban J connectivity index is 1.82. The Morgan fingerprint density at radius 2 is 2.00 bits per heavy atom. The predicted molar refractivity (Wildman–Crippen MR) is 99.5 cm³/mol. The molecule has 0 spiro atoms. The van der Waals surface area contributed by atoms with Gasteiger partial charge < -0.3 is 10.1 Å². The van der Waals surface area contributed by atoms with Crippen LogP contribution in [0.25, 0.3) is 0 Å². The molecule has 3 nitrogen and oxygen atoms in total. The van der Waals surface area contributed by atoms with Gasteiger partial charge in [-0.05, 0) is 42.7 Å². The number of carbonyl (C=O) groups excluding carboxylic acids is 1. The average Bonchev–Trinajstić information content (AvgIpc) is 2.59. The van der Waals surface area contributed by atoms with Gasteiger partial charge in [-0.15, -0.1) is 0 Å². The zero-order valence-electron chi connectivity index (χ0n) is 15.0. The van der Waals surface area contributed by atoms with E-state index in [2.05, 4.69) is 12.2 Å². The van der Waals surface area contributed by atoms with Crippen LogP contribution < -0.4 is 10.1 Å². The first-order valence-electron chi connectivity index (χ1n) is 8.86. The molecule has 134 valence electrons. The molecule has 25 heavy (non-hydrogen) atoms. The first-order valence-corrected chi connectivity index (χ1v) is 8.86. The molecule has 0 aliphatic carbocycles. The quantitative estimate of drug-likeness (QED) is 0.630. The van der Waals surface area contributed by atoms with Crippen molar-refractivity contribution < 1.29 is 13.9 Å². The molecule has 0 heterocycles. The van der Waals surface area contributed by atoms with E-state index in [1.165, 1.54) is 6.07 Å². The van der Waals surface area contributed by atoms with Crippen LogP contribution in [0.3, 0.4) is 0 Å². The Hall–Kier alpha value is -2.36. The highest BCUT2D eigenvalue weighted by atomic mass is 19.1. The van der Waals surface area contributed by atoms with Crippen molar-refractivity contribution >= 4 is 11.6 Å². The maximum absolute atomic E-state index is 13.5. The third-order valence-corrected chi connectivity index (χ3v) is 4.02. The minimum Gasteiger partial charge on any atom is -0.493 e. The number of rotatable bonds is 9. The lowest BCUT2D eigenvalue weighted by molar-refractivity contribution is -0.116. The van der Waals surface area contributed by atoms with Crippen LogP contribution in [0.4, 0.5) is 10.1 Å². The number of aryl methyl sites for hydroxylation is 1. The Bertz CT molecular complexity index is 700. The highest BCUT2D eigenvalue weighted by Crippen LogP contribution is 2.17. The fraction of sp³-hybridized carbons (Fsp3) is 0.381. The Labute approximate surface area is 149 Å². The van der Waals surface area contributed by atoms with Crippen molar-refractivity contribution in [1.82, 2.24) is 0 Å². The lowest BCUT2D eigenvalue weighted by Gasteiger charge is -2.09. The molecule has 0 saturated heterocycles. The van der Waals surface area contributed by atoms with Gasteiger partial charge in [-0.2, -0.15) is 0 Å². The number of nitrogens with one attached hydrogen (secondary N) is 1. The fourth-order valence-electron chi connectivity index (χ4n) is 2.51. The maximum Gasteiger partial charge on any atom is 0.224 e. The molecule has 0 saturated carbocycles. The van der Waals surface area contributed by atoms with Crippen LogP contribution in [0.2, 0.25) is 0 Å². The van der Waals surface area contributed by atoms with Crippen LogP contribution in [0.5, 0.6) is 5.75 Å². The molecule has 1 amide bonds. The van der Waals surface area contributed by atoms with Gasteiger partial charge in [-0.3, -0.25) is 4.79 Å². The Kier molecular flexibility index (Phi) is 7.45. The zero-order chi connectivity index (χ0) is 18.1. The van der Waals surface area contributed by atoms with Crippen molar-refractivity contribution in [2.24, 2.45) is 0 Å². The third kappa shape index (κ3) is 6.57. The van der Waals surface area contributed by atoms with Crippen molar-refractivity contribution in [3.05, 3.63) is 59.4 Å². The minimum atomic E-state index is -0.259. The zero-order valence-corrected chi connectivity index (χ0v) is 15.0. The Morgan fingerprint density at radius 3 is 2.76 bits per heavy atom. The smallest absolute Gasteiger partial charge is 0.224 e. The van der Waals surface area contributed by atoms with Gasteiger partial charge in [0.1, 0.15) is 11.6 Å². The highest BCUT2D eigenvalue weighted by Gasteiger charge is 2.04. The van der Waals surface area contributed by atoms with Gasteiger partial charge in [0.25, 0.3) is 0 Å². The summed E-state index contributed by atoms with van der Waals surface area (Å²) < 4.78 is 19.1. The lowest BCUT2D eigenvalue weighted by atomic mass is 10.1. The van der Waals surface area contributed by atoms with E-state index in [0.29, 0.717) is 30.8 Å². The van der Waals surface area contributed by atoms with Gasteiger partial charge in [0.2, 0.25) is 5.91 Å². The Morgan fingerprint density at radius 1 is 1.16 bits per heavy atom. The summed E-state index contributed by atoms with van der Waals surface area (Å²) in [5.41, 5.74) is 2.48. The highest BCUT2D eigenvalue weighted by molar-refractivity contribution is 5.90. The molecular weight excluding hydrogens is 317 g/mol. The largest absolute Gasteiger partial charge is 0.493 e. The van der Waals surface area contributed by atoms with E-state index in [0.717, 1.165) is 30.5 Å². The standard InChI is InChI=1S/C21H26FNO2/c1-3-4-5-9-21(24)23-18-8-6-7-17(14-18)12-13-25-19-11-10-16(2)20(22)15-19/h6-8,10-11,14-15H,3-5,9,12-13H2,1-2H3,(H,23,24). The van der Waals surface area contributed by atoms with Crippen molar-refractivity contribution in [2.75, 3.05) is 11.9 Å². The number of ether oxygens (including phenoxy) is 1. The van der Waals surface area contributed by atoms with E-state index >= 15 is 0 Å². The molecule has 0 aromatic heterocycles. The van der Waals surface area contributed by atoms with Gasteiger partial charge in [0.05, 0.1) is 6.61 Å². The van der Waals surface area contributed by atoms with Gasteiger partial charge in [-0.25, -0.2) is 4.39 Å². The molecule has 0 atom stereocenters. The maximum atomic E-state index is 13.5. The van der Waals surface area contributed by atoms with E-state index < -0.39 is 0 Å². The third-order valence-electron chi connectivity index (χ3n) is 4.02. The number of benzene rings is 2. The number of halogens is 1. The molecule has 2 rings (SSSR count). The molecule has 1 N–H and O–H groups in total. The molecule has 0 unspecified atom stereocenters. The normalized spacial score (nSPS) is 10.5. The van der Waals surface area contributed by atoms with Crippen LogP contribution in [0.15, 0.2) is 42.5 Å². The van der Waals surface area contributed by atoms with E-state index in [9.17, 15) is 9.18 Å². The molecule has 2 aromatic rings. The molecule has 0 aliphatic rings. The summed E-state index contributed by atoms with van der Waals surface area (Å²) in [5, 5.41) is 2.93. The number of amides is 1. The predicted octanol–water partition coefficient (Wildman–Crippen LogP) is 5.27. The van der Waals surface area contributed by atoms with Crippen LogP contribution in [-0.4, -0.2) is 12.5 Å². The summed E-state index contributed by atoms with van der Waals surface area (Å²) >= 11 is 0. The molecule has 0 radical (unpaired) electrons. The molecule has 2 aromatic carbocycles. The van der Waals surface area contributed by atoms with Gasteiger partial charge in [0.15, 0.2) is 0 Å². The van der Waals surface area contributed by atoms with Gasteiger partial charge in [-0.1, -0.05) is 38.0 Å². The molecular formula is C21H26FNO2. The number of unbranched alkanes of at least 4 members (excludes halogenated alkanes) is 2. The summed E-state index contributed by atoms with van der Waals surface area (Å²) in [6.07, 6.45) is 4.34. The molecule has 0 aliphatic heterocycles. The van der Waals surface area contributed by atoms with E-state index in [4.69, 9.17) is 4.74 Å². The van der Waals surface area contributed by atoms with Crippen LogP contribution in [0, 0.1) is 12.7 Å². The van der Waals surface area contributed by atoms with E-state index in [1.54, 1.807) is 19.1 Å². The molecule has 4 heteroatoms. The average molecular weight is 343 g/mol. The SMILES string of the molecule is CCCCCC(=O)Nc1cccc(CCOc2ccc(C)c(F)c2)c1. The van der Waals surface area contributed by atoms with Crippen LogP contribution in [0.1, 0.15) is 43.7 Å². The van der Waals surface area contributed by atoms with Crippen LogP contribution in [-0.2, 0) is 11.2 Å². The fourth-order valence-corrected chi connectivity index (χ4v) is 2.51. The first kappa shape index (κ1) is 19.0. The molecule has 0 bridgehead atoms. The van der Waals surface area contributed by atoms with Crippen molar-refractivity contribution in [3.63, 3.8) is 0 Å². The van der Waals surface area contributed by atoms with E-state index in [-0.39, 0.29) is 11.7 Å². The van der Waals surface area contributed by atoms with Crippen LogP contribution >= 0.6 is 0 Å². The number of hydrogen-bond acceptors (Lipinski definition) is 2. The van der Waals surface area contributed by atoms with Crippen molar-refractivity contribution in [2.45, 2.75) is 46.0 Å². The topological polar surface area (TPSA) is 38.3 Å². The number of hydrogen-bond donors (Lipinski definition) is 1. The first-order chi connectivity index (χ1) is 12.1. The van der Waals surface area contributed by atoms with E-state index in [1.807, 2.05) is 24.3 Å². The molecule has 0 fully saturated rings. The van der Waals surface area contributed by atoms with Gasteiger partial charge in [0, 0.05) is 24.6 Å². The summed E-state index contributed by atoms with van der Waals surface area (Å²) in [6.45, 7) is 4.30. The summed E-state index contributed by atoms with van der Waals surface area (Å²) in [5.74, 6) is 0.325. The second-order valence-corrected chi connectivity index (χ2v) is 6.22. The lowest BCUT2D eigenvalue weighted by Crippen LogP contribution is -2.11. The van der Waals surface area contributed by atoms with Crippen molar-refractivity contribution in [1.29, 1.82) is 0 Å².